The first-order chi connectivity index (χ1) is 11.8. The summed E-state index contributed by atoms with van der Waals surface area (Å²) in [6.45, 7) is 0. The highest BCUT2D eigenvalue weighted by molar-refractivity contribution is 5.68. The van der Waals surface area contributed by atoms with Crippen LogP contribution >= 0.6 is 0 Å². The van der Waals surface area contributed by atoms with Crippen LogP contribution in [-0.4, -0.2) is 14.2 Å². The minimum Gasteiger partial charge on any atom is -0.497 e. The Labute approximate surface area is 142 Å². The molecule has 0 saturated carbocycles. The summed E-state index contributed by atoms with van der Waals surface area (Å²) < 4.78 is 10.3. The molecule has 0 aliphatic heterocycles. The van der Waals surface area contributed by atoms with Gasteiger partial charge in [0.2, 0.25) is 0 Å². The number of hydrogen-bond acceptors (Lipinski definition) is 4. The van der Waals surface area contributed by atoms with E-state index in [1.165, 1.54) is 0 Å². The molecule has 0 unspecified atom stereocenters. The molecule has 0 bridgehead atoms. The van der Waals surface area contributed by atoms with Crippen molar-refractivity contribution < 1.29 is 9.47 Å². The van der Waals surface area contributed by atoms with Crippen molar-refractivity contribution in [3.8, 4) is 11.5 Å². The van der Waals surface area contributed by atoms with E-state index >= 15 is 0 Å². The molecular formula is C20H20N2O2. The largest absolute Gasteiger partial charge is 0.497 e. The predicted octanol–water partition coefficient (Wildman–Crippen LogP) is 5.19. The topological polar surface area (TPSA) is 42.5 Å². The van der Waals surface area contributed by atoms with Crippen molar-refractivity contribution in [2.45, 2.75) is 0 Å². The van der Waals surface area contributed by atoms with Crippen LogP contribution in [0, 0.1) is 0 Å². The Morgan fingerprint density at radius 3 is 1.33 bits per heavy atom. The molecule has 3 aromatic carbocycles. The zero-order valence-corrected chi connectivity index (χ0v) is 13.7. The smallest absolute Gasteiger partial charge is 0.119 e. The van der Waals surface area contributed by atoms with Crippen molar-refractivity contribution in [1.82, 2.24) is 0 Å². The standard InChI is InChI=1S/C20H20N2O2/c1-23-19-10-6-15(7-11-19)21-17-4-3-5-18(14-17)22-16-8-12-20(24-2)13-9-16/h3-14,21-22H,1-2H3. The van der Waals surface area contributed by atoms with Crippen LogP contribution in [0.25, 0.3) is 0 Å². The molecule has 0 aromatic heterocycles. The van der Waals surface area contributed by atoms with E-state index in [0.29, 0.717) is 0 Å². The maximum Gasteiger partial charge on any atom is 0.119 e. The summed E-state index contributed by atoms with van der Waals surface area (Å²) in [5.41, 5.74) is 4.05. The molecule has 0 aliphatic rings. The van der Waals surface area contributed by atoms with Gasteiger partial charge < -0.3 is 20.1 Å². The van der Waals surface area contributed by atoms with Gasteiger partial charge >= 0.3 is 0 Å². The highest BCUT2D eigenvalue weighted by Crippen LogP contribution is 2.25. The molecule has 0 saturated heterocycles. The number of ether oxygens (including phenoxy) is 2. The third-order valence-corrected chi connectivity index (χ3v) is 3.62. The number of nitrogens with one attached hydrogen (secondary N) is 2. The highest BCUT2D eigenvalue weighted by atomic mass is 16.5. The van der Waals surface area contributed by atoms with E-state index in [2.05, 4.69) is 16.7 Å². The van der Waals surface area contributed by atoms with Gasteiger partial charge in [0.1, 0.15) is 11.5 Å². The van der Waals surface area contributed by atoms with Crippen molar-refractivity contribution in [2.75, 3.05) is 24.9 Å². The minimum atomic E-state index is 0.843. The Morgan fingerprint density at radius 2 is 0.958 bits per heavy atom. The van der Waals surface area contributed by atoms with Gasteiger partial charge in [0.25, 0.3) is 0 Å². The molecule has 0 radical (unpaired) electrons. The first-order valence-electron chi connectivity index (χ1n) is 7.69. The van der Waals surface area contributed by atoms with Crippen molar-refractivity contribution in [2.24, 2.45) is 0 Å². The lowest BCUT2D eigenvalue weighted by atomic mass is 10.2. The average Bonchev–Trinajstić information content (AvgIpc) is 2.63. The van der Waals surface area contributed by atoms with Gasteiger partial charge in [-0.3, -0.25) is 0 Å². The van der Waals surface area contributed by atoms with Gasteiger partial charge in [0.15, 0.2) is 0 Å². The van der Waals surface area contributed by atoms with Gasteiger partial charge in [-0.05, 0) is 66.7 Å². The fraction of sp³-hybridized carbons (Fsp3) is 0.100. The van der Waals surface area contributed by atoms with E-state index in [0.717, 1.165) is 34.2 Å². The van der Waals surface area contributed by atoms with Gasteiger partial charge in [-0.25, -0.2) is 0 Å². The number of benzene rings is 3. The zero-order valence-electron chi connectivity index (χ0n) is 13.7. The molecule has 0 heterocycles. The maximum atomic E-state index is 5.17. The minimum absolute atomic E-state index is 0.843. The van der Waals surface area contributed by atoms with Crippen LogP contribution in [-0.2, 0) is 0 Å². The Hall–Kier alpha value is -3.14. The maximum absolute atomic E-state index is 5.17. The van der Waals surface area contributed by atoms with Crippen molar-refractivity contribution in [3.05, 3.63) is 72.8 Å². The van der Waals surface area contributed by atoms with Gasteiger partial charge in [0, 0.05) is 22.7 Å². The van der Waals surface area contributed by atoms with Crippen LogP contribution in [0.2, 0.25) is 0 Å². The summed E-state index contributed by atoms with van der Waals surface area (Å²) in [5, 5.41) is 6.77. The second kappa shape index (κ2) is 7.42. The van der Waals surface area contributed by atoms with Gasteiger partial charge in [-0.2, -0.15) is 0 Å². The Bertz CT molecular complexity index is 719. The predicted molar refractivity (Wildman–Crippen MR) is 99.0 cm³/mol. The van der Waals surface area contributed by atoms with Gasteiger partial charge in [0.05, 0.1) is 14.2 Å². The second-order valence-electron chi connectivity index (χ2n) is 5.29. The molecular weight excluding hydrogens is 300 g/mol. The molecule has 0 atom stereocenters. The normalized spacial score (nSPS) is 10.1. The number of hydrogen-bond donors (Lipinski definition) is 2. The van der Waals surface area contributed by atoms with E-state index in [1.54, 1.807) is 14.2 Å². The molecule has 0 fully saturated rings. The van der Waals surface area contributed by atoms with Crippen LogP contribution in [0.3, 0.4) is 0 Å². The highest BCUT2D eigenvalue weighted by Gasteiger charge is 2.00. The number of rotatable bonds is 6. The van der Waals surface area contributed by atoms with Gasteiger partial charge in [-0.15, -0.1) is 0 Å². The summed E-state index contributed by atoms with van der Waals surface area (Å²) in [7, 11) is 3.33. The molecule has 122 valence electrons. The molecule has 0 spiro atoms. The average molecular weight is 320 g/mol. The SMILES string of the molecule is COc1ccc(Nc2cccc(Nc3ccc(OC)cc3)c2)cc1. The van der Waals surface area contributed by atoms with Crippen LogP contribution in [0.5, 0.6) is 11.5 Å². The zero-order chi connectivity index (χ0) is 16.8. The molecule has 0 amide bonds. The van der Waals surface area contributed by atoms with E-state index in [9.17, 15) is 0 Å². The van der Waals surface area contributed by atoms with E-state index in [-0.39, 0.29) is 0 Å². The molecule has 2 N–H and O–H groups in total. The first-order valence-corrected chi connectivity index (χ1v) is 7.69. The Balaban J connectivity index is 1.70. The third-order valence-electron chi connectivity index (χ3n) is 3.62. The van der Waals surface area contributed by atoms with Crippen molar-refractivity contribution in [3.63, 3.8) is 0 Å². The molecule has 24 heavy (non-hydrogen) atoms. The molecule has 3 rings (SSSR count). The number of anilines is 4. The fourth-order valence-electron chi connectivity index (χ4n) is 2.36. The Morgan fingerprint density at radius 1 is 0.542 bits per heavy atom. The summed E-state index contributed by atoms with van der Waals surface area (Å²) >= 11 is 0. The van der Waals surface area contributed by atoms with Crippen LogP contribution < -0.4 is 20.1 Å². The van der Waals surface area contributed by atoms with Gasteiger partial charge in [-0.1, -0.05) is 6.07 Å². The lowest BCUT2D eigenvalue weighted by Crippen LogP contribution is -1.94. The van der Waals surface area contributed by atoms with Crippen LogP contribution in [0.1, 0.15) is 0 Å². The summed E-state index contributed by atoms with van der Waals surface area (Å²) in [6.07, 6.45) is 0. The summed E-state index contributed by atoms with van der Waals surface area (Å²) in [6, 6.07) is 23.8. The molecule has 4 heteroatoms. The monoisotopic (exact) mass is 320 g/mol. The molecule has 0 aliphatic carbocycles. The van der Waals surface area contributed by atoms with Crippen LogP contribution in [0.15, 0.2) is 72.8 Å². The van der Waals surface area contributed by atoms with E-state index < -0.39 is 0 Å². The summed E-state index contributed by atoms with van der Waals surface area (Å²) in [5.74, 6) is 1.69. The lowest BCUT2D eigenvalue weighted by molar-refractivity contribution is 0.415. The molecule has 3 aromatic rings. The molecule has 4 nitrogen and oxygen atoms in total. The summed E-state index contributed by atoms with van der Waals surface area (Å²) in [4.78, 5) is 0. The number of methoxy groups -OCH3 is 2. The van der Waals surface area contributed by atoms with Crippen molar-refractivity contribution >= 4 is 22.7 Å². The second-order valence-corrected chi connectivity index (χ2v) is 5.29. The first kappa shape index (κ1) is 15.7. The lowest BCUT2D eigenvalue weighted by Gasteiger charge is -2.11. The van der Waals surface area contributed by atoms with Crippen LogP contribution in [0.4, 0.5) is 22.7 Å². The van der Waals surface area contributed by atoms with E-state index in [1.807, 2.05) is 66.7 Å². The van der Waals surface area contributed by atoms with Crippen molar-refractivity contribution in [1.29, 1.82) is 0 Å². The van der Waals surface area contributed by atoms with E-state index in [4.69, 9.17) is 9.47 Å². The third kappa shape index (κ3) is 3.98. The fourth-order valence-corrected chi connectivity index (χ4v) is 2.36. The quantitative estimate of drug-likeness (QED) is 0.656. The Kier molecular flexibility index (Phi) is 4.87.